The second-order valence-corrected chi connectivity index (χ2v) is 5.25. The van der Waals surface area contributed by atoms with Crippen LogP contribution < -0.4 is 9.47 Å². The van der Waals surface area contributed by atoms with E-state index in [1.165, 1.54) is 0 Å². The molecule has 0 heterocycles. The van der Waals surface area contributed by atoms with Gasteiger partial charge in [0.1, 0.15) is 0 Å². The van der Waals surface area contributed by atoms with Crippen LogP contribution in [0.2, 0.25) is 0 Å². The van der Waals surface area contributed by atoms with Crippen LogP contribution in [0.25, 0.3) is 0 Å². The van der Waals surface area contributed by atoms with Crippen molar-refractivity contribution in [1.29, 1.82) is 0 Å². The van der Waals surface area contributed by atoms with Gasteiger partial charge in [-0.3, -0.25) is 0 Å². The van der Waals surface area contributed by atoms with Crippen molar-refractivity contribution in [1.82, 2.24) is 0 Å². The van der Waals surface area contributed by atoms with Crippen molar-refractivity contribution in [2.45, 2.75) is 39.5 Å². The predicted molar refractivity (Wildman–Crippen MR) is 84.0 cm³/mol. The highest BCUT2D eigenvalue weighted by Crippen LogP contribution is 2.29. The van der Waals surface area contributed by atoms with Gasteiger partial charge in [-0.1, -0.05) is 19.9 Å². The normalized spacial score (nSPS) is 10.9. The second kappa shape index (κ2) is 10.5. The Hall–Kier alpha value is -1.26. The molecule has 0 radical (unpaired) electrons. The Bertz CT molecular complexity index is 388. The van der Waals surface area contributed by atoms with Gasteiger partial charge in [0.15, 0.2) is 11.5 Å². The van der Waals surface area contributed by atoms with Gasteiger partial charge < -0.3 is 19.7 Å². The van der Waals surface area contributed by atoms with Gasteiger partial charge in [0.25, 0.3) is 0 Å². The molecule has 1 rings (SSSR count). The lowest BCUT2D eigenvalue weighted by atomic mass is 10.0. The number of hydrogen-bond acceptors (Lipinski definition) is 4. The van der Waals surface area contributed by atoms with Crippen LogP contribution in [0.5, 0.6) is 11.5 Å². The molecule has 21 heavy (non-hydrogen) atoms. The molecule has 0 fully saturated rings. The summed E-state index contributed by atoms with van der Waals surface area (Å²) in [6, 6.07) is 5.98. The number of rotatable bonds is 11. The maximum Gasteiger partial charge on any atom is 0.161 e. The van der Waals surface area contributed by atoms with Crippen molar-refractivity contribution in [3.8, 4) is 11.5 Å². The Morgan fingerprint density at radius 1 is 0.952 bits per heavy atom. The first kappa shape index (κ1) is 17.8. The summed E-state index contributed by atoms with van der Waals surface area (Å²) in [6.07, 6.45) is 3.48. The highest BCUT2D eigenvalue weighted by molar-refractivity contribution is 5.43. The molecule has 0 aromatic heterocycles. The lowest BCUT2D eigenvalue weighted by Crippen LogP contribution is -2.12. The maximum atomic E-state index is 9.11. The number of hydrogen-bond donors (Lipinski definition) is 2. The minimum absolute atomic E-state index is 0.0212. The lowest BCUT2D eigenvalue weighted by molar-refractivity contribution is 0.144. The van der Waals surface area contributed by atoms with Gasteiger partial charge in [0.2, 0.25) is 0 Å². The van der Waals surface area contributed by atoms with Gasteiger partial charge in [-0.2, -0.15) is 0 Å². The Labute approximate surface area is 127 Å². The SMILES string of the molecule is CCCOc1ccc(CCC(CO)CO)cc1OCCC. The van der Waals surface area contributed by atoms with Gasteiger partial charge in [-0.15, -0.1) is 0 Å². The molecular weight excluding hydrogens is 268 g/mol. The fraction of sp³-hybridized carbons (Fsp3) is 0.647. The Balaban J connectivity index is 2.72. The third-order valence-corrected chi connectivity index (χ3v) is 3.29. The van der Waals surface area contributed by atoms with Crippen LogP contribution in [0.1, 0.15) is 38.7 Å². The molecule has 0 amide bonds. The van der Waals surface area contributed by atoms with Crippen LogP contribution in [-0.2, 0) is 6.42 Å². The zero-order valence-corrected chi connectivity index (χ0v) is 13.2. The van der Waals surface area contributed by atoms with E-state index < -0.39 is 0 Å². The highest BCUT2D eigenvalue weighted by atomic mass is 16.5. The van der Waals surface area contributed by atoms with Crippen LogP contribution in [0.4, 0.5) is 0 Å². The summed E-state index contributed by atoms with van der Waals surface area (Å²) < 4.78 is 11.5. The van der Waals surface area contributed by atoms with Crippen LogP contribution in [0, 0.1) is 5.92 Å². The number of ether oxygens (including phenoxy) is 2. The predicted octanol–water partition coefficient (Wildman–Crippen LogP) is 2.80. The molecule has 120 valence electrons. The van der Waals surface area contributed by atoms with E-state index in [0.29, 0.717) is 13.2 Å². The Morgan fingerprint density at radius 2 is 1.57 bits per heavy atom. The monoisotopic (exact) mass is 296 g/mol. The molecule has 0 aliphatic rings. The molecular formula is C17H28O4. The average molecular weight is 296 g/mol. The van der Waals surface area contributed by atoms with Gasteiger partial charge in [0.05, 0.1) is 13.2 Å². The minimum Gasteiger partial charge on any atom is -0.490 e. The topological polar surface area (TPSA) is 58.9 Å². The average Bonchev–Trinajstić information content (AvgIpc) is 2.52. The van der Waals surface area contributed by atoms with Crippen LogP contribution >= 0.6 is 0 Å². The van der Waals surface area contributed by atoms with Crippen molar-refractivity contribution in [2.75, 3.05) is 26.4 Å². The number of aryl methyl sites for hydroxylation is 1. The summed E-state index contributed by atoms with van der Waals surface area (Å²) >= 11 is 0. The first-order valence-corrected chi connectivity index (χ1v) is 7.85. The molecule has 0 bridgehead atoms. The minimum atomic E-state index is -0.0546. The van der Waals surface area contributed by atoms with E-state index in [-0.39, 0.29) is 19.1 Å². The molecule has 0 aliphatic carbocycles. The molecule has 1 aromatic carbocycles. The summed E-state index contributed by atoms with van der Waals surface area (Å²) in [5, 5.41) is 18.2. The third kappa shape index (κ3) is 6.36. The summed E-state index contributed by atoms with van der Waals surface area (Å²) in [5.74, 6) is 1.52. The standard InChI is InChI=1S/C17H28O4/c1-3-9-20-16-8-7-14(5-6-15(12-18)13-19)11-17(16)21-10-4-2/h7-8,11,15,18-19H,3-6,9-10,12-13H2,1-2H3. The first-order chi connectivity index (χ1) is 10.2. The highest BCUT2D eigenvalue weighted by Gasteiger charge is 2.10. The smallest absolute Gasteiger partial charge is 0.161 e. The van der Waals surface area contributed by atoms with E-state index in [0.717, 1.165) is 42.7 Å². The Kier molecular flexibility index (Phi) is 8.87. The summed E-state index contributed by atoms with van der Waals surface area (Å²) in [6.45, 7) is 5.54. The van der Waals surface area contributed by atoms with E-state index in [2.05, 4.69) is 13.8 Å². The van der Waals surface area contributed by atoms with Crippen molar-refractivity contribution >= 4 is 0 Å². The fourth-order valence-electron chi connectivity index (χ4n) is 1.98. The van der Waals surface area contributed by atoms with E-state index in [1.807, 2.05) is 18.2 Å². The maximum absolute atomic E-state index is 9.11. The van der Waals surface area contributed by atoms with Crippen molar-refractivity contribution < 1.29 is 19.7 Å². The molecule has 4 heteroatoms. The molecule has 0 saturated carbocycles. The fourth-order valence-corrected chi connectivity index (χ4v) is 1.98. The summed E-state index contributed by atoms with van der Waals surface area (Å²) in [7, 11) is 0. The zero-order valence-electron chi connectivity index (χ0n) is 13.2. The molecule has 0 unspecified atom stereocenters. The number of aliphatic hydroxyl groups is 2. The molecule has 4 nitrogen and oxygen atoms in total. The Morgan fingerprint density at radius 3 is 2.14 bits per heavy atom. The first-order valence-electron chi connectivity index (χ1n) is 7.85. The zero-order chi connectivity index (χ0) is 15.5. The van der Waals surface area contributed by atoms with E-state index in [9.17, 15) is 0 Å². The van der Waals surface area contributed by atoms with Gasteiger partial charge in [0, 0.05) is 19.1 Å². The molecule has 0 saturated heterocycles. The van der Waals surface area contributed by atoms with Crippen molar-refractivity contribution in [2.24, 2.45) is 5.92 Å². The van der Waals surface area contributed by atoms with Crippen LogP contribution in [-0.4, -0.2) is 36.6 Å². The second-order valence-electron chi connectivity index (χ2n) is 5.25. The number of benzene rings is 1. The van der Waals surface area contributed by atoms with Gasteiger partial charge in [-0.25, -0.2) is 0 Å². The molecule has 1 aromatic rings. The largest absolute Gasteiger partial charge is 0.490 e. The summed E-state index contributed by atoms with van der Waals surface area (Å²) in [5.41, 5.74) is 1.14. The molecule has 2 N–H and O–H groups in total. The van der Waals surface area contributed by atoms with E-state index >= 15 is 0 Å². The van der Waals surface area contributed by atoms with Crippen LogP contribution in [0.3, 0.4) is 0 Å². The lowest BCUT2D eigenvalue weighted by Gasteiger charge is -2.15. The van der Waals surface area contributed by atoms with Gasteiger partial charge >= 0.3 is 0 Å². The van der Waals surface area contributed by atoms with E-state index in [4.69, 9.17) is 19.7 Å². The quantitative estimate of drug-likeness (QED) is 0.659. The van der Waals surface area contributed by atoms with Gasteiger partial charge in [-0.05, 0) is 43.4 Å². The van der Waals surface area contributed by atoms with Crippen LogP contribution in [0.15, 0.2) is 18.2 Å². The van der Waals surface area contributed by atoms with Crippen molar-refractivity contribution in [3.05, 3.63) is 23.8 Å². The molecule has 0 aliphatic heterocycles. The van der Waals surface area contributed by atoms with E-state index in [1.54, 1.807) is 0 Å². The third-order valence-electron chi connectivity index (χ3n) is 3.29. The molecule has 0 spiro atoms. The summed E-state index contributed by atoms with van der Waals surface area (Å²) in [4.78, 5) is 0. The molecule has 0 atom stereocenters. The van der Waals surface area contributed by atoms with Crippen molar-refractivity contribution in [3.63, 3.8) is 0 Å². The number of aliphatic hydroxyl groups excluding tert-OH is 2.